The van der Waals surface area contributed by atoms with Gasteiger partial charge in [0.05, 0.1) is 5.56 Å². The summed E-state index contributed by atoms with van der Waals surface area (Å²) in [6.45, 7) is 2.82. The summed E-state index contributed by atoms with van der Waals surface area (Å²) in [6, 6.07) is 3.65. The first-order chi connectivity index (χ1) is 8.81. The molecule has 0 atom stereocenters. The number of pyridine rings is 1. The number of halogens is 2. The summed E-state index contributed by atoms with van der Waals surface area (Å²) in [5.41, 5.74) is 0.700. The molecule has 1 aromatic rings. The number of nitrogens with one attached hydrogen (secondary N) is 1. The van der Waals surface area contributed by atoms with E-state index in [-0.39, 0.29) is 30.7 Å². The zero-order valence-corrected chi connectivity index (χ0v) is 13.4. The van der Waals surface area contributed by atoms with Gasteiger partial charge >= 0.3 is 0 Å². The van der Waals surface area contributed by atoms with Crippen molar-refractivity contribution < 1.29 is 4.79 Å². The standard InChI is InChI=1S/C14H21N3O.2ClH/c1-15-8-4-12-5-9-17(10-6-12)14(18)13-3-2-7-16-11-13;;/h2-3,7,11-12,15H,4-6,8-10H2,1H3;2*1H. The number of piperidine rings is 1. The van der Waals surface area contributed by atoms with Crippen LogP contribution < -0.4 is 5.32 Å². The van der Waals surface area contributed by atoms with E-state index >= 15 is 0 Å². The van der Waals surface area contributed by atoms with Crippen LogP contribution in [0, 0.1) is 5.92 Å². The highest BCUT2D eigenvalue weighted by Gasteiger charge is 2.23. The van der Waals surface area contributed by atoms with Crippen molar-refractivity contribution in [1.82, 2.24) is 15.2 Å². The summed E-state index contributed by atoms with van der Waals surface area (Å²) in [7, 11) is 1.99. The Hall–Kier alpha value is -0.840. The average Bonchev–Trinajstić information content (AvgIpc) is 2.46. The van der Waals surface area contributed by atoms with Gasteiger partial charge in [-0.15, -0.1) is 24.8 Å². The molecular formula is C14H23Cl2N3O. The van der Waals surface area contributed by atoms with Gasteiger partial charge in [0.25, 0.3) is 5.91 Å². The largest absolute Gasteiger partial charge is 0.339 e. The van der Waals surface area contributed by atoms with E-state index < -0.39 is 0 Å². The van der Waals surface area contributed by atoms with Crippen molar-refractivity contribution in [2.75, 3.05) is 26.7 Å². The highest BCUT2D eigenvalue weighted by molar-refractivity contribution is 5.93. The molecule has 114 valence electrons. The van der Waals surface area contributed by atoms with Crippen LogP contribution in [0.15, 0.2) is 24.5 Å². The van der Waals surface area contributed by atoms with E-state index in [1.54, 1.807) is 12.4 Å². The van der Waals surface area contributed by atoms with E-state index in [4.69, 9.17) is 0 Å². The third kappa shape index (κ3) is 5.27. The molecule has 2 heterocycles. The molecule has 0 unspecified atom stereocenters. The predicted molar refractivity (Wildman–Crippen MR) is 85.9 cm³/mol. The summed E-state index contributed by atoms with van der Waals surface area (Å²) in [5.74, 6) is 0.880. The molecule has 0 bridgehead atoms. The van der Waals surface area contributed by atoms with Crippen LogP contribution in [-0.2, 0) is 0 Å². The van der Waals surface area contributed by atoms with Crippen LogP contribution in [0.25, 0.3) is 0 Å². The summed E-state index contributed by atoms with van der Waals surface area (Å²) in [6.07, 6.45) is 6.79. The van der Waals surface area contributed by atoms with E-state index in [1.165, 1.54) is 6.42 Å². The van der Waals surface area contributed by atoms with Gasteiger partial charge in [-0.05, 0) is 50.9 Å². The van der Waals surface area contributed by atoms with E-state index in [0.29, 0.717) is 5.56 Å². The third-order valence-corrected chi connectivity index (χ3v) is 3.61. The van der Waals surface area contributed by atoms with Gasteiger partial charge in [0.2, 0.25) is 0 Å². The SMILES string of the molecule is CNCCC1CCN(C(=O)c2cccnc2)CC1.Cl.Cl. The smallest absolute Gasteiger partial charge is 0.255 e. The molecule has 1 aliphatic heterocycles. The number of hydrogen-bond acceptors (Lipinski definition) is 3. The molecule has 20 heavy (non-hydrogen) atoms. The second-order valence-corrected chi connectivity index (χ2v) is 4.87. The molecular weight excluding hydrogens is 297 g/mol. The number of aromatic nitrogens is 1. The molecule has 0 aromatic carbocycles. The number of carbonyl (C=O) groups excluding carboxylic acids is 1. The Bertz CT molecular complexity index is 381. The molecule has 1 fully saturated rings. The lowest BCUT2D eigenvalue weighted by Gasteiger charge is -2.32. The molecule has 0 aliphatic carbocycles. The fourth-order valence-corrected chi connectivity index (χ4v) is 2.45. The topological polar surface area (TPSA) is 45.2 Å². The molecule has 4 nitrogen and oxygen atoms in total. The maximum absolute atomic E-state index is 12.2. The maximum Gasteiger partial charge on any atom is 0.255 e. The first-order valence-corrected chi connectivity index (χ1v) is 6.65. The van der Waals surface area contributed by atoms with E-state index in [2.05, 4.69) is 10.3 Å². The van der Waals surface area contributed by atoms with Gasteiger partial charge in [-0.25, -0.2) is 0 Å². The van der Waals surface area contributed by atoms with E-state index in [1.807, 2.05) is 24.1 Å². The lowest BCUT2D eigenvalue weighted by molar-refractivity contribution is 0.0686. The van der Waals surface area contributed by atoms with Crippen LogP contribution in [0.4, 0.5) is 0 Å². The van der Waals surface area contributed by atoms with Gasteiger partial charge < -0.3 is 10.2 Å². The molecule has 1 aliphatic rings. The number of rotatable bonds is 4. The van der Waals surface area contributed by atoms with Crippen molar-refractivity contribution in [2.24, 2.45) is 5.92 Å². The molecule has 0 saturated carbocycles. The Balaban J connectivity index is 0.00000180. The van der Waals surface area contributed by atoms with Crippen LogP contribution in [0.5, 0.6) is 0 Å². The van der Waals surface area contributed by atoms with Crippen molar-refractivity contribution in [1.29, 1.82) is 0 Å². The molecule has 1 N–H and O–H groups in total. The fourth-order valence-electron chi connectivity index (χ4n) is 2.45. The molecule has 6 heteroatoms. The van der Waals surface area contributed by atoms with Crippen LogP contribution in [-0.4, -0.2) is 42.5 Å². The fraction of sp³-hybridized carbons (Fsp3) is 0.571. The van der Waals surface area contributed by atoms with Gasteiger partial charge in [-0.1, -0.05) is 0 Å². The number of amides is 1. The van der Waals surface area contributed by atoms with Crippen LogP contribution in [0.2, 0.25) is 0 Å². The van der Waals surface area contributed by atoms with Crippen molar-refractivity contribution in [2.45, 2.75) is 19.3 Å². The summed E-state index contributed by atoms with van der Waals surface area (Å²) in [4.78, 5) is 18.1. The Morgan fingerprint density at radius 1 is 1.40 bits per heavy atom. The van der Waals surface area contributed by atoms with Crippen molar-refractivity contribution in [3.8, 4) is 0 Å². The summed E-state index contributed by atoms with van der Waals surface area (Å²) < 4.78 is 0. The molecule has 1 saturated heterocycles. The second kappa shape index (κ2) is 9.97. The minimum Gasteiger partial charge on any atom is -0.339 e. The number of carbonyl (C=O) groups is 1. The second-order valence-electron chi connectivity index (χ2n) is 4.87. The molecule has 2 rings (SSSR count). The van der Waals surface area contributed by atoms with Gasteiger partial charge in [-0.3, -0.25) is 9.78 Å². The lowest BCUT2D eigenvalue weighted by atomic mass is 9.93. The Morgan fingerprint density at radius 2 is 2.10 bits per heavy atom. The van der Waals surface area contributed by atoms with Gasteiger partial charge in [0.1, 0.15) is 0 Å². The minimum absolute atomic E-state index is 0. The minimum atomic E-state index is 0. The Kier molecular flexibility index (Phi) is 9.55. The third-order valence-electron chi connectivity index (χ3n) is 3.61. The van der Waals surface area contributed by atoms with Crippen LogP contribution in [0.3, 0.4) is 0 Å². The number of nitrogens with zero attached hydrogens (tertiary/aromatic N) is 2. The molecule has 0 radical (unpaired) electrons. The number of likely N-dealkylation sites (tertiary alicyclic amines) is 1. The maximum atomic E-state index is 12.2. The summed E-state index contributed by atoms with van der Waals surface area (Å²) in [5, 5.41) is 3.19. The van der Waals surface area contributed by atoms with Crippen molar-refractivity contribution in [3.63, 3.8) is 0 Å². The first-order valence-electron chi connectivity index (χ1n) is 6.65. The van der Waals surface area contributed by atoms with Crippen molar-refractivity contribution in [3.05, 3.63) is 30.1 Å². The summed E-state index contributed by atoms with van der Waals surface area (Å²) >= 11 is 0. The zero-order valence-electron chi connectivity index (χ0n) is 11.7. The first kappa shape index (κ1) is 19.2. The predicted octanol–water partition coefficient (Wildman–Crippen LogP) is 2.39. The average molecular weight is 320 g/mol. The molecule has 1 aromatic heterocycles. The van der Waals surface area contributed by atoms with Gasteiger partial charge in [0.15, 0.2) is 0 Å². The number of hydrogen-bond donors (Lipinski definition) is 1. The normalized spacial score (nSPS) is 15.2. The molecule has 1 amide bonds. The lowest BCUT2D eigenvalue weighted by Crippen LogP contribution is -2.39. The Morgan fingerprint density at radius 3 is 2.65 bits per heavy atom. The molecule has 0 spiro atoms. The van der Waals surface area contributed by atoms with E-state index in [9.17, 15) is 4.79 Å². The van der Waals surface area contributed by atoms with Crippen LogP contribution in [0.1, 0.15) is 29.6 Å². The quantitative estimate of drug-likeness (QED) is 0.926. The monoisotopic (exact) mass is 319 g/mol. The van der Waals surface area contributed by atoms with Gasteiger partial charge in [0, 0.05) is 25.5 Å². The van der Waals surface area contributed by atoms with Gasteiger partial charge in [-0.2, -0.15) is 0 Å². The Labute approximate surface area is 133 Å². The highest BCUT2D eigenvalue weighted by Crippen LogP contribution is 2.21. The zero-order chi connectivity index (χ0) is 12.8. The van der Waals surface area contributed by atoms with E-state index in [0.717, 1.165) is 38.4 Å². The highest BCUT2D eigenvalue weighted by atomic mass is 35.5. The van der Waals surface area contributed by atoms with Crippen LogP contribution >= 0.6 is 24.8 Å². The van der Waals surface area contributed by atoms with Crippen molar-refractivity contribution >= 4 is 30.7 Å².